The second-order valence-corrected chi connectivity index (χ2v) is 11.3. The average molecular weight is 521 g/mol. The molecule has 9 heteroatoms. The number of aliphatic hydroxyl groups is 1. The molecular formula is C25H29ClN2O4S2. The summed E-state index contributed by atoms with van der Waals surface area (Å²) < 4.78 is 6.62. The fourth-order valence-electron chi connectivity index (χ4n) is 4.67. The molecule has 0 bridgehead atoms. The van der Waals surface area contributed by atoms with E-state index in [0.717, 1.165) is 36.2 Å². The van der Waals surface area contributed by atoms with Crippen LogP contribution in [0.15, 0.2) is 46.1 Å². The summed E-state index contributed by atoms with van der Waals surface area (Å²) in [5, 5.41) is 24.2. The highest BCUT2D eigenvalue weighted by atomic mass is 35.5. The van der Waals surface area contributed by atoms with E-state index in [1.807, 2.05) is 36.0 Å². The Kier molecular flexibility index (Phi) is 8.71. The van der Waals surface area contributed by atoms with Crippen molar-refractivity contribution in [2.75, 3.05) is 32.5 Å². The van der Waals surface area contributed by atoms with Crippen LogP contribution in [0.4, 0.5) is 0 Å². The van der Waals surface area contributed by atoms with Gasteiger partial charge in [0, 0.05) is 36.0 Å². The van der Waals surface area contributed by atoms with Crippen molar-refractivity contribution in [3.05, 3.63) is 52.5 Å². The van der Waals surface area contributed by atoms with E-state index in [-0.39, 0.29) is 5.92 Å². The minimum Gasteiger partial charge on any atom is -0.497 e. The molecule has 2 N–H and O–H groups in total. The molecule has 1 aromatic carbocycles. The quantitative estimate of drug-likeness (QED) is 0.337. The van der Waals surface area contributed by atoms with Crippen LogP contribution in [0.1, 0.15) is 30.9 Å². The van der Waals surface area contributed by atoms with Crippen molar-refractivity contribution in [1.82, 2.24) is 9.88 Å². The fourth-order valence-corrected chi connectivity index (χ4v) is 6.81. The second kappa shape index (κ2) is 11.7. The molecule has 3 aromatic rings. The zero-order valence-electron chi connectivity index (χ0n) is 19.0. The maximum atomic E-state index is 12.0. The molecule has 34 heavy (non-hydrogen) atoms. The minimum atomic E-state index is -0.806. The summed E-state index contributed by atoms with van der Waals surface area (Å²) in [5.74, 6) is 0.452. The van der Waals surface area contributed by atoms with Crippen LogP contribution in [0, 0.1) is 11.8 Å². The highest BCUT2D eigenvalue weighted by Crippen LogP contribution is 2.37. The number of likely N-dealkylation sites (tertiary alicyclic amines) is 1. The van der Waals surface area contributed by atoms with Crippen molar-refractivity contribution in [1.29, 1.82) is 0 Å². The van der Waals surface area contributed by atoms with Crippen LogP contribution in [0.5, 0.6) is 5.75 Å². The monoisotopic (exact) mass is 520 g/mol. The molecule has 1 saturated heterocycles. The lowest BCUT2D eigenvalue weighted by Crippen LogP contribution is -2.44. The molecular weight excluding hydrogens is 492 g/mol. The zero-order valence-corrected chi connectivity index (χ0v) is 21.4. The van der Waals surface area contributed by atoms with E-state index in [9.17, 15) is 15.0 Å². The molecule has 0 amide bonds. The number of carbonyl (C=O) groups is 1. The smallest absolute Gasteiger partial charge is 0.308 e. The Morgan fingerprint density at radius 2 is 2.26 bits per heavy atom. The van der Waals surface area contributed by atoms with Gasteiger partial charge in [0.25, 0.3) is 0 Å². The van der Waals surface area contributed by atoms with Crippen molar-refractivity contribution in [2.45, 2.75) is 29.6 Å². The van der Waals surface area contributed by atoms with Crippen molar-refractivity contribution >= 4 is 51.6 Å². The number of piperidine rings is 1. The normalized spacial score (nSPS) is 19.9. The number of halogens is 1. The molecule has 3 heterocycles. The van der Waals surface area contributed by atoms with Gasteiger partial charge in [0.2, 0.25) is 0 Å². The third-order valence-corrected chi connectivity index (χ3v) is 8.93. The first-order chi connectivity index (χ1) is 16.5. The number of aromatic nitrogens is 1. The molecule has 1 fully saturated rings. The molecule has 182 valence electrons. The highest BCUT2D eigenvalue weighted by Gasteiger charge is 2.34. The van der Waals surface area contributed by atoms with Crippen LogP contribution in [-0.4, -0.2) is 58.6 Å². The number of methoxy groups -OCH3 is 1. The summed E-state index contributed by atoms with van der Waals surface area (Å²) in [6, 6.07) is 9.66. The number of aliphatic carboxylic acids is 1. The molecule has 2 aromatic heterocycles. The van der Waals surface area contributed by atoms with Gasteiger partial charge in [-0.15, -0.1) is 23.1 Å². The molecule has 4 rings (SSSR count). The predicted octanol–water partition coefficient (Wildman–Crippen LogP) is 5.59. The van der Waals surface area contributed by atoms with Crippen LogP contribution in [0.3, 0.4) is 0 Å². The fraction of sp³-hybridized carbons (Fsp3) is 0.440. The summed E-state index contributed by atoms with van der Waals surface area (Å²) in [5.41, 5.74) is 1.36. The third-order valence-electron chi connectivity index (χ3n) is 6.52. The van der Waals surface area contributed by atoms with Gasteiger partial charge in [-0.1, -0.05) is 17.7 Å². The first-order valence-corrected chi connectivity index (χ1v) is 13.6. The van der Waals surface area contributed by atoms with Crippen LogP contribution < -0.4 is 4.74 Å². The van der Waals surface area contributed by atoms with Crippen LogP contribution in [0.25, 0.3) is 10.9 Å². The van der Waals surface area contributed by atoms with Crippen LogP contribution >= 0.6 is 34.7 Å². The van der Waals surface area contributed by atoms with E-state index in [4.69, 9.17) is 16.3 Å². The molecule has 1 aliphatic rings. The van der Waals surface area contributed by atoms with Crippen LogP contribution in [-0.2, 0) is 4.79 Å². The molecule has 0 spiro atoms. The number of aliphatic hydroxyl groups excluding tert-OH is 1. The van der Waals surface area contributed by atoms with Gasteiger partial charge >= 0.3 is 5.97 Å². The number of hydrogen-bond donors (Lipinski definition) is 2. The Labute approximate surface area is 212 Å². The average Bonchev–Trinajstić information content (AvgIpc) is 3.36. The van der Waals surface area contributed by atoms with Gasteiger partial charge in [-0.3, -0.25) is 9.78 Å². The number of pyridine rings is 1. The zero-order chi connectivity index (χ0) is 24.1. The minimum absolute atomic E-state index is 0.0229. The molecule has 1 aliphatic heterocycles. The summed E-state index contributed by atoms with van der Waals surface area (Å²) in [7, 11) is 1.59. The Morgan fingerprint density at radius 1 is 1.41 bits per heavy atom. The largest absolute Gasteiger partial charge is 0.497 e. The second-order valence-electron chi connectivity index (χ2n) is 8.57. The van der Waals surface area contributed by atoms with Gasteiger partial charge in [0.1, 0.15) is 5.75 Å². The van der Waals surface area contributed by atoms with E-state index in [2.05, 4.69) is 21.3 Å². The highest BCUT2D eigenvalue weighted by molar-refractivity contribution is 8.01. The van der Waals surface area contributed by atoms with Crippen molar-refractivity contribution in [3.8, 4) is 5.75 Å². The standard InChI is InChI=1S/C25H29ClN2O4S2/c1-32-17-5-6-21-18(13-17)24(20(26)14-27-21)22(29)7-4-16-8-9-28(15-19(16)25(30)31)10-12-34-23-3-2-11-33-23/h2-3,5-6,11,13-14,16,19,22,29H,4,7-10,12,15H2,1H3,(H,30,31)/t16?,19?,22-/m1/s1. The Bertz CT molecular complexity index is 1110. The van der Waals surface area contributed by atoms with Crippen molar-refractivity contribution < 1.29 is 19.7 Å². The summed E-state index contributed by atoms with van der Waals surface area (Å²) in [6.45, 7) is 2.31. The maximum absolute atomic E-state index is 12.0. The van der Waals surface area contributed by atoms with Gasteiger partial charge in [-0.2, -0.15) is 0 Å². The number of carboxylic acids is 1. The van der Waals surface area contributed by atoms with E-state index in [0.29, 0.717) is 35.7 Å². The number of carboxylic acid groups (broad SMARTS) is 1. The number of nitrogens with zero attached hydrogens (tertiary/aromatic N) is 2. The number of benzene rings is 1. The van der Waals surface area contributed by atoms with E-state index in [1.54, 1.807) is 24.6 Å². The van der Waals surface area contributed by atoms with E-state index < -0.39 is 18.0 Å². The van der Waals surface area contributed by atoms with Crippen LogP contribution in [0.2, 0.25) is 5.02 Å². The van der Waals surface area contributed by atoms with Gasteiger partial charge in [-0.25, -0.2) is 0 Å². The number of fused-ring (bicyclic) bond motifs is 1. The summed E-state index contributed by atoms with van der Waals surface area (Å²) in [6.07, 6.45) is 2.63. The first kappa shape index (κ1) is 25.3. The van der Waals surface area contributed by atoms with E-state index in [1.165, 1.54) is 4.21 Å². The molecule has 2 unspecified atom stereocenters. The number of thiophene rings is 1. The Hall–Kier alpha value is -1.84. The molecule has 0 radical (unpaired) electrons. The lowest BCUT2D eigenvalue weighted by Gasteiger charge is -2.37. The third kappa shape index (κ3) is 6.04. The van der Waals surface area contributed by atoms with Gasteiger partial charge < -0.3 is 19.8 Å². The summed E-state index contributed by atoms with van der Waals surface area (Å²) >= 11 is 9.98. The summed E-state index contributed by atoms with van der Waals surface area (Å²) in [4.78, 5) is 18.7. The van der Waals surface area contributed by atoms with Crippen molar-refractivity contribution in [2.24, 2.45) is 11.8 Å². The lowest BCUT2D eigenvalue weighted by atomic mass is 9.81. The molecule has 6 nitrogen and oxygen atoms in total. The number of rotatable bonds is 10. The van der Waals surface area contributed by atoms with Gasteiger partial charge in [0.15, 0.2) is 0 Å². The Morgan fingerprint density at radius 3 is 3.00 bits per heavy atom. The lowest BCUT2D eigenvalue weighted by molar-refractivity contribution is -0.146. The number of ether oxygens (including phenoxy) is 1. The first-order valence-electron chi connectivity index (χ1n) is 11.4. The number of hydrogen-bond acceptors (Lipinski definition) is 7. The number of thioether (sulfide) groups is 1. The Balaban J connectivity index is 1.38. The molecule has 0 aliphatic carbocycles. The maximum Gasteiger partial charge on any atom is 0.308 e. The van der Waals surface area contributed by atoms with Gasteiger partial charge in [-0.05, 0) is 61.4 Å². The van der Waals surface area contributed by atoms with Gasteiger partial charge in [0.05, 0.1) is 33.9 Å². The topological polar surface area (TPSA) is 82.9 Å². The van der Waals surface area contributed by atoms with Crippen molar-refractivity contribution in [3.63, 3.8) is 0 Å². The van der Waals surface area contributed by atoms with E-state index >= 15 is 0 Å². The SMILES string of the molecule is COc1ccc2ncc(Cl)c([C@H](O)CCC3CCN(CCSc4cccs4)CC3C(=O)O)c2c1. The molecule has 3 atom stereocenters. The molecule has 0 saturated carbocycles. The predicted molar refractivity (Wildman–Crippen MR) is 138 cm³/mol.